The normalized spacial score (nSPS) is 16.7. The van der Waals surface area contributed by atoms with E-state index in [4.69, 9.17) is 4.74 Å². The topological polar surface area (TPSA) is 92.2 Å². The van der Waals surface area contributed by atoms with Crippen molar-refractivity contribution in [2.75, 3.05) is 52.5 Å². The number of ether oxygens (including phenoxy) is 1. The molecule has 0 saturated carbocycles. The van der Waals surface area contributed by atoms with Crippen LogP contribution < -0.4 is 5.56 Å². The molecule has 9 nitrogen and oxygen atoms in total. The van der Waals surface area contributed by atoms with Crippen molar-refractivity contribution < 1.29 is 19.1 Å². The van der Waals surface area contributed by atoms with Gasteiger partial charge in [-0.25, -0.2) is 0 Å². The molecular weight excluding hydrogens is 412 g/mol. The molecule has 2 aromatic rings. The van der Waals surface area contributed by atoms with Gasteiger partial charge in [-0.05, 0) is 17.7 Å². The van der Waals surface area contributed by atoms with E-state index >= 15 is 0 Å². The molecule has 0 radical (unpaired) electrons. The summed E-state index contributed by atoms with van der Waals surface area (Å²) in [5.41, 5.74) is 0.728. The Morgan fingerprint density at radius 3 is 2.00 bits per heavy atom. The molecule has 2 aliphatic heterocycles. The van der Waals surface area contributed by atoms with Gasteiger partial charge in [-0.3, -0.25) is 19.2 Å². The first-order chi connectivity index (χ1) is 15.5. The zero-order valence-electron chi connectivity index (χ0n) is 17.8. The third kappa shape index (κ3) is 4.72. The van der Waals surface area contributed by atoms with E-state index in [9.17, 15) is 19.2 Å². The average molecular weight is 438 g/mol. The number of benzene rings is 1. The lowest BCUT2D eigenvalue weighted by atomic mass is 10.2. The lowest BCUT2D eigenvalue weighted by molar-refractivity contribution is -0.154. The van der Waals surface area contributed by atoms with E-state index < -0.39 is 11.8 Å². The highest BCUT2D eigenvalue weighted by atomic mass is 16.5. The van der Waals surface area contributed by atoms with Crippen LogP contribution >= 0.6 is 0 Å². The number of carbonyl (C=O) groups excluding carboxylic acids is 3. The fourth-order valence-electron chi connectivity index (χ4n) is 3.92. The molecule has 32 heavy (non-hydrogen) atoms. The van der Waals surface area contributed by atoms with Gasteiger partial charge in [0.05, 0.1) is 19.8 Å². The third-order valence-corrected chi connectivity index (χ3v) is 5.78. The van der Waals surface area contributed by atoms with Crippen LogP contribution in [0.3, 0.4) is 0 Å². The summed E-state index contributed by atoms with van der Waals surface area (Å²) in [5, 5.41) is 0. The predicted molar refractivity (Wildman–Crippen MR) is 116 cm³/mol. The molecule has 3 amide bonds. The first kappa shape index (κ1) is 21.8. The van der Waals surface area contributed by atoms with Crippen LogP contribution in [0.25, 0.3) is 0 Å². The molecule has 168 valence electrons. The van der Waals surface area contributed by atoms with Gasteiger partial charge < -0.3 is 24.0 Å². The molecule has 2 fully saturated rings. The molecule has 3 heterocycles. The number of aromatic nitrogens is 1. The van der Waals surface area contributed by atoms with Gasteiger partial charge in [0.15, 0.2) is 0 Å². The molecule has 0 N–H and O–H groups in total. The molecule has 4 rings (SSSR count). The van der Waals surface area contributed by atoms with Crippen molar-refractivity contribution in [1.29, 1.82) is 0 Å². The largest absolute Gasteiger partial charge is 0.378 e. The van der Waals surface area contributed by atoms with Crippen LogP contribution in [0.1, 0.15) is 15.9 Å². The van der Waals surface area contributed by atoms with E-state index in [0.717, 1.165) is 5.56 Å². The Morgan fingerprint density at radius 2 is 1.34 bits per heavy atom. The Hall–Kier alpha value is -3.46. The lowest BCUT2D eigenvalue weighted by Gasteiger charge is -2.35. The fourth-order valence-corrected chi connectivity index (χ4v) is 3.92. The van der Waals surface area contributed by atoms with Crippen LogP contribution in [-0.2, 0) is 20.9 Å². The summed E-state index contributed by atoms with van der Waals surface area (Å²) in [7, 11) is 0. The van der Waals surface area contributed by atoms with Crippen molar-refractivity contribution in [2.24, 2.45) is 0 Å². The number of pyridine rings is 1. The van der Waals surface area contributed by atoms with Gasteiger partial charge in [-0.1, -0.05) is 30.3 Å². The molecule has 9 heteroatoms. The smallest absolute Gasteiger partial charge is 0.312 e. The van der Waals surface area contributed by atoms with Gasteiger partial charge in [-0.2, -0.15) is 0 Å². The van der Waals surface area contributed by atoms with E-state index in [1.807, 2.05) is 30.3 Å². The molecular formula is C23H26N4O5. The highest BCUT2D eigenvalue weighted by molar-refractivity contribution is 6.34. The summed E-state index contributed by atoms with van der Waals surface area (Å²) in [6, 6.07) is 12.8. The average Bonchev–Trinajstić information content (AvgIpc) is 2.85. The molecule has 0 unspecified atom stereocenters. The minimum absolute atomic E-state index is 0.104. The van der Waals surface area contributed by atoms with Crippen molar-refractivity contribution in [3.8, 4) is 0 Å². The minimum Gasteiger partial charge on any atom is -0.378 e. The van der Waals surface area contributed by atoms with Gasteiger partial charge >= 0.3 is 11.8 Å². The SMILES string of the molecule is O=C(C(=O)N1CCN(C(=O)c2cccn(Cc3ccccc3)c2=O)CC1)N1CCOCC1. The Morgan fingerprint density at radius 1 is 0.750 bits per heavy atom. The van der Waals surface area contributed by atoms with Crippen LogP contribution in [0, 0.1) is 0 Å². The second kappa shape index (κ2) is 9.78. The molecule has 0 spiro atoms. The Labute approximate surface area is 185 Å². The van der Waals surface area contributed by atoms with Crippen molar-refractivity contribution in [2.45, 2.75) is 6.54 Å². The summed E-state index contributed by atoms with van der Waals surface area (Å²) in [5.74, 6) is -1.44. The van der Waals surface area contributed by atoms with Crippen molar-refractivity contribution >= 4 is 17.7 Å². The second-order valence-corrected chi connectivity index (χ2v) is 7.83. The van der Waals surface area contributed by atoms with Gasteiger partial charge in [0.1, 0.15) is 5.56 Å². The summed E-state index contributed by atoms with van der Waals surface area (Å²) >= 11 is 0. The fraction of sp³-hybridized carbons (Fsp3) is 0.391. The van der Waals surface area contributed by atoms with Crippen molar-refractivity contribution in [3.63, 3.8) is 0 Å². The number of piperazine rings is 1. The standard InChI is InChI=1S/C23H26N4O5/c28-20(19-7-4-8-27(21(19)29)17-18-5-2-1-3-6-18)24-9-11-25(12-10-24)22(30)23(31)26-13-15-32-16-14-26/h1-8H,9-17H2. The summed E-state index contributed by atoms with van der Waals surface area (Å²) in [6.07, 6.45) is 1.67. The highest BCUT2D eigenvalue weighted by Gasteiger charge is 2.32. The van der Waals surface area contributed by atoms with Crippen molar-refractivity contribution in [1.82, 2.24) is 19.3 Å². The Kier molecular flexibility index (Phi) is 6.65. The Bertz CT molecular complexity index is 1040. The molecule has 0 atom stereocenters. The van der Waals surface area contributed by atoms with E-state index in [0.29, 0.717) is 32.8 Å². The van der Waals surface area contributed by atoms with Crippen LogP contribution in [0.5, 0.6) is 0 Å². The number of morpholine rings is 1. The summed E-state index contributed by atoms with van der Waals surface area (Å²) < 4.78 is 6.74. The third-order valence-electron chi connectivity index (χ3n) is 5.78. The van der Waals surface area contributed by atoms with Gasteiger partial charge in [0.2, 0.25) is 0 Å². The zero-order chi connectivity index (χ0) is 22.5. The minimum atomic E-state index is -0.552. The van der Waals surface area contributed by atoms with Crippen molar-refractivity contribution in [3.05, 3.63) is 70.1 Å². The molecule has 2 aliphatic rings. The lowest BCUT2D eigenvalue weighted by Crippen LogP contribution is -2.55. The Balaban J connectivity index is 1.38. The monoisotopic (exact) mass is 438 g/mol. The quantitative estimate of drug-likeness (QED) is 0.631. The zero-order valence-corrected chi connectivity index (χ0v) is 17.8. The molecule has 0 bridgehead atoms. The molecule has 2 saturated heterocycles. The van der Waals surface area contributed by atoms with E-state index in [2.05, 4.69) is 0 Å². The number of nitrogens with zero attached hydrogens (tertiary/aromatic N) is 4. The number of amides is 3. The van der Waals surface area contributed by atoms with Crippen LogP contribution in [-0.4, -0.2) is 89.5 Å². The van der Waals surface area contributed by atoms with Crippen LogP contribution in [0.2, 0.25) is 0 Å². The maximum Gasteiger partial charge on any atom is 0.312 e. The highest BCUT2D eigenvalue weighted by Crippen LogP contribution is 2.09. The second-order valence-electron chi connectivity index (χ2n) is 7.83. The maximum atomic E-state index is 13.0. The van der Waals surface area contributed by atoms with E-state index in [1.54, 1.807) is 17.2 Å². The molecule has 1 aromatic carbocycles. The first-order valence-corrected chi connectivity index (χ1v) is 10.7. The number of hydrogen-bond donors (Lipinski definition) is 0. The number of hydrogen-bond acceptors (Lipinski definition) is 5. The van der Waals surface area contributed by atoms with Crippen LogP contribution in [0.4, 0.5) is 0 Å². The van der Waals surface area contributed by atoms with E-state index in [1.165, 1.54) is 20.4 Å². The van der Waals surface area contributed by atoms with Crippen LogP contribution in [0.15, 0.2) is 53.5 Å². The summed E-state index contributed by atoms with van der Waals surface area (Å²) in [6.45, 7) is 3.12. The number of rotatable bonds is 3. The molecule has 1 aromatic heterocycles. The molecule has 0 aliphatic carbocycles. The first-order valence-electron chi connectivity index (χ1n) is 10.7. The predicted octanol–water partition coefficient (Wildman–Crippen LogP) is 0.0398. The maximum absolute atomic E-state index is 13.0. The van der Waals surface area contributed by atoms with Gasteiger partial charge in [0, 0.05) is 45.5 Å². The van der Waals surface area contributed by atoms with E-state index in [-0.39, 0.29) is 43.2 Å². The van der Waals surface area contributed by atoms with Gasteiger partial charge in [-0.15, -0.1) is 0 Å². The summed E-state index contributed by atoms with van der Waals surface area (Å²) in [4.78, 5) is 55.4. The van der Waals surface area contributed by atoms with Gasteiger partial charge in [0.25, 0.3) is 11.5 Å². The number of carbonyl (C=O) groups is 3.